The van der Waals surface area contributed by atoms with E-state index in [-0.39, 0.29) is 11.0 Å². The van der Waals surface area contributed by atoms with Gasteiger partial charge in [-0.2, -0.15) is 0 Å². The molecule has 2 N–H and O–H groups in total. The first kappa shape index (κ1) is 10.7. The van der Waals surface area contributed by atoms with Crippen LogP contribution in [0, 0.1) is 0 Å². The number of nitrogens with zero attached hydrogens (tertiary/aromatic N) is 1. The quantitative estimate of drug-likeness (QED) is 0.753. The van der Waals surface area contributed by atoms with Crippen LogP contribution in [-0.4, -0.2) is 4.98 Å². The fraction of sp³-hybridized carbons (Fsp3) is 0.700. The van der Waals surface area contributed by atoms with Gasteiger partial charge in [0.1, 0.15) is 0 Å². The molecule has 0 aromatic carbocycles. The van der Waals surface area contributed by atoms with E-state index in [0.717, 1.165) is 10.7 Å². The van der Waals surface area contributed by atoms with Gasteiger partial charge in [-0.1, -0.05) is 20.8 Å². The van der Waals surface area contributed by atoms with Crippen LogP contribution in [0.2, 0.25) is 0 Å². The molecular formula is C10H18N2S. The lowest BCUT2D eigenvalue weighted by Crippen LogP contribution is -2.29. The standard InChI is InChI=1S/C10H18N2S/c1-9(2,3)8-12-7(6-13-8)10(4,5)11/h6H,11H2,1-5H3. The summed E-state index contributed by atoms with van der Waals surface area (Å²) in [5, 5.41) is 3.21. The van der Waals surface area contributed by atoms with Crippen molar-refractivity contribution < 1.29 is 0 Å². The van der Waals surface area contributed by atoms with Crippen molar-refractivity contribution in [2.45, 2.75) is 45.6 Å². The first-order chi connectivity index (χ1) is 5.71. The predicted molar refractivity (Wildman–Crippen MR) is 58.0 cm³/mol. The van der Waals surface area contributed by atoms with Crippen molar-refractivity contribution >= 4 is 11.3 Å². The maximum absolute atomic E-state index is 5.96. The van der Waals surface area contributed by atoms with E-state index in [1.165, 1.54) is 0 Å². The van der Waals surface area contributed by atoms with E-state index in [1.807, 2.05) is 13.8 Å². The van der Waals surface area contributed by atoms with Crippen molar-refractivity contribution in [3.05, 3.63) is 16.1 Å². The van der Waals surface area contributed by atoms with Crippen molar-refractivity contribution in [3.63, 3.8) is 0 Å². The zero-order valence-corrected chi connectivity index (χ0v) is 9.83. The molecule has 0 atom stereocenters. The molecule has 0 aliphatic carbocycles. The summed E-state index contributed by atoms with van der Waals surface area (Å²) in [5.74, 6) is 0. The second-order valence-electron chi connectivity index (χ2n) is 5.01. The van der Waals surface area contributed by atoms with Gasteiger partial charge < -0.3 is 5.73 Å². The van der Waals surface area contributed by atoms with Crippen LogP contribution in [0.3, 0.4) is 0 Å². The van der Waals surface area contributed by atoms with Gasteiger partial charge in [0.15, 0.2) is 0 Å². The monoisotopic (exact) mass is 198 g/mol. The molecule has 0 saturated carbocycles. The second kappa shape index (κ2) is 3.07. The number of hydrogen-bond acceptors (Lipinski definition) is 3. The Bertz CT molecular complexity index is 260. The maximum Gasteiger partial charge on any atom is 0.0982 e. The highest BCUT2D eigenvalue weighted by Gasteiger charge is 2.23. The SMILES string of the molecule is CC(C)(C)c1nc(C(C)(C)N)cs1. The van der Waals surface area contributed by atoms with Gasteiger partial charge in [-0.3, -0.25) is 0 Å². The highest BCUT2D eigenvalue weighted by Crippen LogP contribution is 2.28. The molecule has 0 amide bonds. The van der Waals surface area contributed by atoms with Crippen molar-refractivity contribution in [3.8, 4) is 0 Å². The number of thiazole rings is 1. The minimum Gasteiger partial charge on any atom is -0.321 e. The Morgan fingerprint density at radius 1 is 1.23 bits per heavy atom. The van der Waals surface area contributed by atoms with Gasteiger partial charge in [0.25, 0.3) is 0 Å². The number of aromatic nitrogens is 1. The molecule has 0 fully saturated rings. The summed E-state index contributed by atoms with van der Waals surface area (Å²) in [6, 6.07) is 0. The van der Waals surface area contributed by atoms with Gasteiger partial charge in [0, 0.05) is 10.8 Å². The molecule has 0 unspecified atom stereocenters. The Morgan fingerprint density at radius 2 is 1.77 bits per heavy atom. The molecule has 0 aliphatic rings. The lowest BCUT2D eigenvalue weighted by atomic mass is 9.97. The van der Waals surface area contributed by atoms with E-state index in [1.54, 1.807) is 11.3 Å². The summed E-state index contributed by atoms with van der Waals surface area (Å²) in [4.78, 5) is 4.55. The summed E-state index contributed by atoms with van der Waals surface area (Å²) in [7, 11) is 0. The number of hydrogen-bond donors (Lipinski definition) is 1. The molecule has 1 rings (SSSR count). The molecule has 1 aromatic heterocycles. The average molecular weight is 198 g/mol. The molecule has 0 radical (unpaired) electrons. The fourth-order valence-electron chi connectivity index (χ4n) is 0.914. The van der Waals surface area contributed by atoms with Crippen LogP contribution in [0.25, 0.3) is 0 Å². The first-order valence-electron chi connectivity index (χ1n) is 4.46. The molecule has 2 nitrogen and oxygen atoms in total. The minimum atomic E-state index is -0.319. The molecule has 0 spiro atoms. The highest BCUT2D eigenvalue weighted by molar-refractivity contribution is 7.09. The summed E-state index contributed by atoms with van der Waals surface area (Å²) in [6.07, 6.45) is 0. The molecule has 1 aromatic rings. The van der Waals surface area contributed by atoms with Gasteiger partial charge in [-0.05, 0) is 13.8 Å². The van der Waals surface area contributed by atoms with Crippen LogP contribution in [0.15, 0.2) is 5.38 Å². The van der Waals surface area contributed by atoms with Gasteiger partial charge in [0.2, 0.25) is 0 Å². The van der Waals surface area contributed by atoms with E-state index in [2.05, 4.69) is 31.1 Å². The predicted octanol–water partition coefficient (Wildman–Crippen LogP) is 2.63. The third kappa shape index (κ3) is 2.51. The molecule has 0 aliphatic heterocycles. The smallest absolute Gasteiger partial charge is 0.0982 e. The Labute approximate surface area is 84.2 Å². The van der Waals surface area contributed by atoms with E-state index < -0.39 is 0 Å². The van der Waals surface area contributed by atoms with E-state index in [4.69, 9.17) is 5.73 Å². The van der Waals surface area contributed by atoms with E-state index in [0.29, 0.717) is 0 Å². The topological polar surface area (TPSA) is 38.9 Å². The maximum atomic E-state index is 5.96. The van der Waals surface area contributed by atoms with Crippen LogP contribution in [0.5, 0.6) is 0 Å². The second-order valence-corrected chi connectivity index (χ2v) is 5.87. The molecule has 0 saturated heterocycles. The van der Waals surface area contributed by atoms with E-state index >= 15 is 0 Å². The van der Waals surface area contributed by atoms with Gasteiger partial charge in [0.05, 0.1) is 16.2 Å². The fourth-order valence-corrected chi connectivity index (χ4v) is 2.00. The highest BCUT2D eigenvalue weighted by atomic mass is 32.1. The van der Waals surface area contributed by atoms with Crippen molar-refractivity contribution in [1.29, 1.82) is 0 Å². The third-order valence-corrected chi connectivity index (χ3v) is 3.07. The Balaban J connectivity index is 3.01. The Kier molecular flexibility index (Phi) is 2.52. The number of rotatable bonds is 1. The van der Waals surface area contributed by atoms with Gasteiger partial charge in [-0.15, -0.1) is 11.3 Å². The zero-order chi connectivity index (χ0) is 10.3. The van der Waals surface area contributed by atoms with Gasteiger partial charge >= 0.3 is 0 Å². The van der Waals surface area contributed by atoms with Crippen molar-refractivity contribution in [2.75, 3.05) is 0 Å². The van der Waals surface area contributed by atoms with Crippen molar-refractivity contribution in [2.24, 2.45) is 5.73 Å². The Morgan fingerprint density at radius 3 is 2.00 bits per heavy atom. The lowest BCUT2D eigenvalue weighted by molar-refractivity contribution is 0.524. The van der Waals surface area contributed by atoms with Crippen molar-refractivity contribution in [1.82, 2.24) is 4.98 Å². The van der Waals surface area contributed by atoms with Crippen LogP contribution in [-0.2, 0) is 11.0 Å². The summed E-state index contributed by atoms with van der Waals surface area (Å²) in [6.45, 7) is 10.5. The molecule has 3 heteroatoms. The largest absolute Gasteiger partial charge is 0.321 e. The summed E-state index contributed by atoms with van der Waals surface area (Å²) in [5.41, 5.74) is 6.76. The molecule has 1 heterocycles. The summed E-state index contributed by atoms with van der Waals surface area (Å²) >= 11 is 1.69. The third-order valence-electron chi connectivity index (χ3n) is 1.81. The van der Waals surface area contributed by atoms with Gasteiger partial charge in [-0.25, -0.2) is 4.98 Å². The van der Waals surface area contributed by atoms with E-state index in [9.17, 15) is 0 Å². The van der Waals surface area contributed by atoms with Crippen LogP contribution in [0.1, 0.15) is 45.3 Å². The molecule has 0 bridgehead atoms. The zero-order valence-electron chi connectivity index (χ0n) is 9.01. The first-order valence-corrected chi connectivity index (χ1v) is 5.34. The molecular weight excluding hydrogens is 180 g/mol. The minimum absolute atomic E-state index is 0.133. The van der Waals surface area contributed by atoms with Crippen LogP contribution >= 0.6 is 11.3 Å². The van der Waals surface area contributed by atoms with Crippen LogP contribution < -0.4 is 5.73 Å². The molecule has 74 valence electrons. The average Bonchev–Trinajstić information content (AvgIpc) is 2.28. The summed E-state index contributed by atoms with van der Waals surface area (Å²) < 4.78 is 0. The lowest BCUT2D eigenvalue weighted by Gasteiger charge is -2.17. The normalized spacial score (nSPS) is 13.4. The Hall–Kier alpha value is -0.410. The van der Waals surface area contributed by atoms with Crippen LogP contribution in [0.4, 0.5) is 0 Å². The number of nitrogens with two attached hydrogens (primary N) is 1. The molecule has 13 heavy (non-hydrogen) atoms.